The molecule has 0 radical (unpaired) electrons. The minimum absolute atomic E-state index is 0.0732. The zero-order valence-corrected chi connectivity index (χ0v) is 22.6. The highest BCUT2D eigenvalue weighted by atomic mass is 28.4. The van der Waals surface area contributed by atoms with Crippen molar-refractivity contribution in [2.75, 3.05) is 52.9 Å². The fourth-order valence-corrected chi connectivity index (χ4v) is 7.64. The van der Waals surface area contributed by atoms with E-state index in [1.165, 1.54) is 0 Å². The van der Waals surface area contributed by atoms with Crippen LogP contribution >= 0.6 is 0 Å². The Bertz CT molecular complexity index is 429. The molecule has 10 nitrogen and oxygen atoms in total. The second-order valence-electron chi connectivity index (χ2n) is 6.41. The maximum Gasteiger partial charge on any atom is 0.504 e. The first-order chi connectivity index (χ1) is 15.4. The molecule has 0 aromatic carbocycles. The summed E-state index contributed by atoms with van der Waals surface area (Å²) in [6.45, 7) is 14.1. The minimum atomic E-state index is -2.86. The standard InChI is InChI=1S/C20H42O10Si2/c1-7-25-31(26-8-2,27-9-3)17-15-23-19(21)13-14-20(22)24-16-18-32(28-10-4,29-11-5)30-12-6/h7-18H2,1-6H3. The summed E-state index contributed by atoms with van der Waals surface area (Å²) in [4.78, 5) is 24.0. The molecule has 0 spiro atoms. The largest absolute Gasteiger partial charge is 0.504 e. The molecule has 0 N–H and O–H groups in total. The van der Waals surface area contributed by atoms with Crippen LogP contribution < -0.4 is 0 Å². The SMILES string of the molecule is CCO[Si](CCOC(=O)CCC(=O)OCC[Si](OCC)(OCC)OCC)(OCC)OCC. The molecule has 0 aromatic rings. The van der Waals surface area contributed by atoms with Crippen LogP contribution in [0.2, 0.25) is 12.1 Å². The molecule has 0 rings (SSSR count). The number of hydrogen-bond donors (Lipinski definition) is 0. The van der Waals surface area contributed by atoms with Crippen molar-refractivity contribution in [2.24, 2.45) is 0 Å². The fourth-order valence-electron chi connectivity index (χ4n) is 2.93. The van der Waals surface area contributed by atoms with Crippen LogP contribution in [0.25, 0.3) is 0 Å². The van der Waals surface area contributed by atoms with Crippen molar-refractivity contribution in [3.8, 4) is 0 Å². The van der Waals surface area contributed by atoms with Gasteiger partial charge in [0.2, 0.25) is 0 Å². The lowest BCUT2D eigenvalue weighted by atomic mass is 10.3. The van der Waals surface area contributed by atoms with Gasteiger partial charge in [0, 0.05) is 39.6 Å². The average molecular weight is 499 g/mol. The maximum atomic E-state index is 12.0. The molecular weight excluding hydrogens is 456 g/mol. The lowest BCUT2D eigenvalue weighted by Crippen LogP contribution is -2.47. The second kappa shape index (κ2) is 18.5. The van der Waals surface area contributed by atoms with Crippen LogP contribution in [-0.2, 0) is 45.6 Å². The Balaban J connectivity index is 4.38. The zero-order valence-electron chi connectivity index (χ0n) is 20.6. The van der Waals surface area contributed by atoms with Crippen molar-refractivity contribution in [3.63, 3.8) is 0 Å². The molecule has 0 saturated heterocycles. The third-order valence-electron chi connectivity index (χ3n) is 4.06. The van der Waals surface area contributed by atoms with Crippen LogP contribution in [0.5, 0.6) is 0 Å². The molecule has 0 amide bonds. The van der Waals surface area contributed by atoms with E-state index in [4.69, 9.17) is 36.0 Å². The van der Waals surface area contributed by atoms with Gasteiger partial charge in [-0.15, -0.1) is 0 Å². The van der Waals surface area contributed by atoms with Gasteiger partial charge in [-0.1, -0.05) is 0 Å². The molecule has 0 heterocycles. The van der Waals surface area contributed by atoms with Crippen LogP contribution in [-0.4, -0.2) is 82.4 Å². The Morgan fingerprint density at radius 3 is 0.969 bits per heavy atom. The fraction of sp³-hybridized carbons (Fsp3) is 0.900. The lowest BCUT2D eigenvalue weighted by Gasteiger charge is -2.28. The smallest absolute Gasteiger partial charge is 0.466 e. The van der Waals surface area contributed by atoms with Crippen LogP contribution in [0.1, 0.15) is 54.4 Å². The second-order valence-corrected chi connectivity index (χ2v) is 11.9. The third-order valence-corrected chi connectivity index (χ3v) is 10.1. The van der Waals surface area contributed by atoms with Gasteiger partial charge in [0.15, 0.2) is 0 Å². The van der Waals surface area contributed by atoms with E-state index in [1.807, 2.05) is 41.5 Å². The van der Waals surface area contributed by atoms with Crippen molar-refractivity contribution in [1.82, 2.24) is 0 Å². The molecule has 0 bridgehead atoms. The van der Waals surface area contributed by atoms with Crippen molar-refractivity contribution in [3.05, 3.63) is 0 Å². The summed E-state index contributed by atoms with van der Waals surface area (Å²) >= 11 is 0. The van der Waals surface area contributed by atoms with Gasteiger partial charge in [-0.3, -0.25) is 9.59 Å². The zero-order chi connectivity index (χ0) is 24.3. The minimum Gasteiger partial charge on any atom is -0.466 e. The molecule has 0 aliphatic carbocycles. The highest BCUT2D eigenvalue weighted by Gasteiger charge is 2.41. The number of carbonyl (C=O) groups excluding carboxylic acids is 2. The van der Waals surface area contributed by atoms with E-state index in [2.05, 4.69) is 0 Å². The van der Waals surface area contributed by atoms with Gasteiger partial charge < -0.3 is 36.0 Å². The first-order valence-corrected chi connectivity index (χ1v) is 15.4. The van der Waals surface area contributed by atoms with Gasteiger partial charge in [-0.25, -0.2) is 0 Å². The summed E-state index contributed by atoms with van der Waals surface area (Å²) in [5.74, 6) is -0.980. The van der Waals surface area contributed by atoms with Crippen LogP contribution in [0.15, 0.2) is 0 Å². The summed E-state index contributed by atoms with van der Waals surface area (Å²) in [5.41, 5.74) is 0. The topological polar surface area (TPSA) is 108 Å². The summed E-state index contributed by atoms with van der Waals surface area (Å²) in [6.07, 6.45) is -0.146. The van der Waals surface area contributed by atoms with Gasteiger partial charge in [0.25, 0.3) is 0 Å². The van der Waals surface area contributed by atoms with Gasteiger partial charge in [0.1, 0.15) is 0 Å². The van der Waals surface area contributed by atoms with Crippen LogP contribution in [0.4, 0.5) is 0 Å². The molecule has 0 saturated carbocycles. The maximum absolute atomic E-state index is 12.0. The number of esters is 2. The third kappa shape index (κ3) is 13.0. The van der Waals surface area contributed by atoms with Gasteiger partial charge >= 0.3 is 29.5 Å². The van der Waals surface area contributed by atoms with E-state index in [0.717, 1.165) is 0 Å². The van der Waals surface area contributed by atoms with Crippen LogP contribution in [0, 0.1) is 0 Å². The van der Waals surface area contributed by atoms with E-state index in [0.29, 0.717) is 51.7 Å². The molecule has 0 fully saturated rings. The Labute approximate surface area is 194 Å². The van der Waals surface area contributed by atoms with Gasteiger partial charge in [-0.05, 0) is 41.5 Å². The van der Waals surface area contributed by atoms with E-state index >= 15 is 0 Å². The summed E-state index contributed by atoms with van der Waals surface area (Å²) in [7, 11) is -5.73. The summed E-state index contributed by atoms with van der Waals surface area (Å²) in [6, 6.07) is 0.718. The monoisotopic (exact) mass is 498 g/mol. The first-order valence-electron chi connectivity index (χ1n) is 11.5. The first kappa shape index (κ1) is 31.1. The molecule has 0 aromatic heterocycles. The Morgan fingerprint density at radius 1 is 0.500 bits per heavy atom. The molecule has 0 aliphatic rings. The quantitative estimate of drug-likeness (QED) is 0.173. The lowest BCUT2D eigenvalue weighted by molar-refractivity contribution is -0.150. The highest BCUT2D eigenvalue weighted by molar-refractivity contribution is 6.61. The Morgan fingerprint density at radius 2 is 0.750 bits per heavy atom. The normalized spacial score (nSPS) is 12.1. The number of rotatable bonds is 21. The van der Waals surface area contributed by atoms with Gasteiger partial charge in [-0.2, -0.15) is 0 Å². The van der Waals surface area contributed by atoms with Crippen molar-refractivity contribution in [1.29, 1.82) is 0 Å². The summed E-state index contributed by atoms with van der Waals surface area (Å²) < 4.78 is 44.8. The molecule has 190 valence electrons. The number of ether oxygens (including phenoxy) is 2. The van der Waals surface area contributed by atoms with E-state index in [1.54, 1.807) is 0 Å². The molecule has 0 unspecified atom stereocenters. The molecule has 32 heavy (non-hydrogen) atoms. The highest BCUT2D eigenvalue weighted by Crippen LogP contribution is 2.17. The predicted molar refractivity (Wildman–Crippen MR) is 122 cm³/mol. The average Bonchev–Trinajstić information content (AvgIpc) is 2.73. The summed E-state index contributed by atoms with van der Waals surface area (Å²) in [5, 5.41) is 0. The number of hydrogen-bond acceptors (Lipinski definition) is 10. The van der Waals surface area contributed by atoms with E-state index < -0.39 is 29.5 Å². The van der Waals surface area contributed by atoms with Crippen LogP contribution in [0.3, 0.4) is 0 Å². The van der Waals surface area contributed by atoms with E-state index in [9.17, 15) is 9.59 Å². The molecular formula is C20H42O10Si2. The number of carbonyl (C=O) groups is 2. The molecule has 0 aliphatic heterocycles. The molecule has 12 heteroatoms. The van der Waals surface area contributed by atoms with E-state index in [-0.39, 0.29) is 26.1 Å². The Kier molecular flexibility index (Phi) is 18.0. The molecule has 0 atom stereocenters. The van der Waals surface area contributed by atoms with Gasteiger partial charge in [0.05, 0.1) is 38.1 Å². The Hall–Kier alpha value is -0.866. The van der Waals surface area contributed by atoms with Crippen molar-refractivity contribution in [2.45, 2.75) is 66.5 Å². The van der Waals surface area contributed by atoms with Crippen molar-refractivity contribution >= 4 is 29.5 Å². The predicted octanol–water partition coefficient (Wildman–Crippen LogP) is 2.95. The van der Waals surface area contributed by atoms with Crippen molar-refractivity contribution < 1.29 is 45.6 Å².